The van der Waals surface area contributed by atoms with Crippen molar-refractivity contribution in [2.24, 2.45) is 0 Å². The molecule has 25 heavy (non-hydrogen) atoms. The Hall–Kier alpha value is -2.54. The molecule has 2 aromatic carbocycles. The third-order valence-corrected chi connectivity index (χ3v) is 5.23. The van der Waals surface area contributed by atoms with Crippen LogP contribution in [0.2, 0.25) is 0 Å². The molecule has 2 aromatic rings. The Morgan fingerprint density at radius 2 is 1.72 bits per heavy atom. The van der Waals surface area contributed by atoms with Gasteiger partial charge in [-0.05, 0) is 67.8 Å². The van der Waals surface area contributed by atoms with E-state index in [0.717, 1.165) is 11.1 Å². The highest BCUT2D eigenvalue weighted by atomic mass is 32.2. The number of benzene rings is 2. The monoisotopic (exact) mass is 362 g/mol. The molecule has 0 saturated carbocycles. The normalized spacial score (nSPS) is 11.0. The summed E-state index contributed by atoms with van der Waals surface area (Å²) in [5.41, 5.74) is 3.25. The van der Waals surface area contributed by atoms with Crippen molar-refractivity contribution in [3.63, 3.8) is 0 Å². The first-order chi connectivity index (χ1) is 11.7. The van der Waals surface area contributed by atoms with E-state index in [4.69, 9.17) is 4.74 Å². The number of amides is 1. The van der Waals surface area contributed by atoms with Gasteiger partial charge in [0.15, 0.2) is 6.61 Å². The van der Waals surface area contributed by atoms with Crippen LogP contribution in [0.25, 0.3) is 0 Å². The number of aryl methyl sites for hydroxylation is 3. The highest BCUT2D eigenvalue weighted by Crippen LogP contribution is 2.24. The summed E-state index contributed by atoms with van der Waals surface area (Å²) in [5.74, 6) is 0.209. The van der Waals surface area contributed by atoms with Crippen LogP contribution in [-0.4, -0.2) is 28.0 Å². The fourth-order valence-electron chi connectivity index (χ4n) is 2.19. The van der Waals surface area contributed by atoms with E-state index in [2.05, 4.69) is 10.0 Å². The Labute approximate surface area is 148 Å². The number of sulfonamides is 1. The second kappa shape index (κ2) is 7.57. The molecule has 0 bridgehead atoms. The minimum absolute atomic E-state index is 0.121. The molecule has 2 rings (SSSR count). The number of nitrogens with one attached hydrogen (secondary N) is 2. The molecule has 0 spiro atoms. The van der Waals surface area contributed by atoms with Gasteiger partial charge in [0.1, 0.15) is 5.75 Å². The summed E-state index contributed by atoms with van der Waals surface area (Å²) in [6, 6.07) is 9.91. The summed E-state index contributed by atoms with van der Waals surface area (Å²) in [6.45, 7) is 5.50. The Kier molecular flexibility index (Phi) is 5.69. The molecule has 0 aliphatic heterocycles. The molecule has 134 valence electrons. The zero-order chi connectivity index (χ0) is 18.6. The zero-order valence-corrected chi connectivity index (χ0v) is 15.5. The molecule has 0 heterocycles. The lowest BCUT2D eigenvalue weighted by atomic mass is 10.1. The molecule has 6 nitrogen and oxygen atoms in total. The summed E-state index contributed by atoms with van der Waals surface area (Å²) in [4.78, 5) is 11.4. The molecule has 0 atom stereocenters. The summed E-state index contributed by atoms with van der Waals surface area (Å²) in [7, 11) is -2.18. The van der Waals surface area contributed by atoms with Crippen molar-refractivity contribution in [1.82, 2.24) is 5.32 Å². The first-order valence-corrected chi connectivity index (χ1v) is 9.25. The molecule has 0 unspecified atom stereocenters. The van der Waals surface area contributed by atoms with Crippen LogP contribution in [-0.2, 0) is 14.8 Å². The van der Waals surface area contributed by atoms with E-state index in [0.29, 0.717) is 17.0 Å². The number of hydrogen-bond donors (Lipinski definition) is 2. The SMILES string of the molecule is CNC(=O)COc1ccc(S(=O)(=O)Nc2ccc(C)c(C)c2)cc1C. The predicted molar refractivity (Wildman–Crippen MR) is 97.5 cm³/mol. The minimum Gasteiger partial charge on any atom is -0.484 e. The van der Waals surface area contributed by atoms with Gasteiger partial charge in [-0.25, -0.2) is 8.42 Å². The average molecular weight is 362 g/mol. The Bertz CT molecular complexity index is 892. The van der Waals surface area contributed by atoms with Crippen LogP contribution in [0, 0.1) is 20.8 Å². The van der Waals surface area contributed by atoms with E-state index in [1.807, 2.05) is 19.9 Å². The summed E-state index contributed by atoms with van der Waals surface area (Å²) >= 11 is 0. The number of carbonyl (C=O) groups is 1. The zero-order valence-electron chi connectivity index (χ0n) is 14.7. The maximum atomic E-state index is 12.6. The predicted octanol–water partition coefficient (Wildman–Crippen LogP) is 2.54. The van der Waals surface area contributed by atoms with Gasteiger partial charge in [0.25, 0.3) is 15.9 Å². The second-order valence-corrected chi connectivity index (χ2v) is 7.48. The van der Waals surface area contributed by atoms with Crippen molar-refractivity contribution in [2.75, 3.05) is 18.4 Å². The first-order valence-electron chi connectivity index (χ1n) is 7.77. The fourth-order valence-corrected chi connectivity index (χ4v) is 3.32. The highest BCUT2D eigenvalue weighted by molar-refractivity contribution is 7.92. The maximum Gasteiger partial charge on any atom is 0.261 e. The molecule has 0 aliphatic rings. The Balaban J connectivity index is 2.20. The highest BCUT2D eigenvalue weighted by Gasteiger charge is 2.16. The second-order valence-electron chi connectivity index (χ2n) is 5.79. The van der Waals surface area contributed by atoms with Crippen molar-refractivity contribution in [2.45, 2.75) is 25.7 Å². The van der Waals surface area contributed by atoms with Gasteiger partial charge in [0.2, 0.25) is 0 Å². The Morgan fingerprint density at radius 3 is 2.32 bits per heavy atom. The lowest BCUT2D eigenvalue weighted by molar-refractivity contribution is -0.122. The van der Waals surface area contributed by atoms with Gasteiger partial charge in [0.05, 0.1) is 4.90 Å². The van der Waals surface area contributed by atoms with E-state index in [9.17, 15) is 13.2 Å². The van der Waals surface area contributed by atoms with Crippen LogP contribution in [0.4, 0.5) is 5.69 Å². The van der Waals surface area contributed by atoms with E-state index < -0.39 is 10.0 Å². The smallest absolute Gasteiger partial charge is 0.261 e. The summed E-state index contributed by atoms with van der Waals surface area (Å²) < 4.78 is 33.1. The van der Waals surface area contributed by atoms with Gasteiger partial charge < -0.3 is 10.1 Å². The third kappa shape index (κ3) is 4.73. The maximum absolute atomic E-state index is 12.6. The van der Waals surface area contributed by atoms with E-state index >= 15 is 0 Å². The lowest BCUT2D eigenvalue weighted by Crippen LogP contribution is -2.25. The van der Waals surface area contributed by atoms with Crippen molar-refractivity contribution in [3.05, 3.63) is 53.1 Å². The molecule has 0 saturated heterocycles. The number of likely N-dealkylation sites (N-methyl/N-ethyl adjacent to an activating group) is 1. The number of rotatable bonds is 6. The molecule has 0 radical (unpaired) electrons. The third-order valence-electron chi connectivity index (χ3n) is 3.85. The lowest BCUT2D eigenvalue weighted by Gasteiger charge is -2.12. The average Bonchev–Trinajstić information content (AvgIpc) is 2.56. The van der Waals surface area contributed by atoms with Gasteiger partial charge >= 0.3 is 0 Å². The molecule has 1 amide bonds. The van der Waals surface area contributed by atoms with Gasteiger partial charge in [-0.2, -0.15) is 0 Å². The van der Waals surface area contributed by atoms with Gasteiger partial charge in [-0.15, -0.1) is 0 Å². The van der Waals surface area contributed by atoms with Crippen LogP contribution in [0.15, 0.2) is 41.3 Å². The van der Waals surface area contributed by atoms with Crippen molar-refractivity contribution in [1.29, 1.82) is 0 Å². The molecule has 2 N–H and O–H groups in total. The summed E-state index contributed by atoms with van der Waals surface area (Å²) in [5, 5.41) is 2.46. The van der Waals surface area contributed by atoms with Gasteiger partial charge in [-0.3, -0.25) is 9.52 Å². The van der Waals surface area contributed by atoms with Crippen LogP contribution in [0.5, 0.6) is 5.75 Å². The van der Waals surface area contributed by atoms with Crippen LogP contribution >= 0.6 is 0 Å². The van der Waals surface area contributed by atoms with Crippen LogP contribution in [0.1, 0.15) is 16.7 Å². The summed E-state index contributed by atoms with van der Waals surface area (Å²) in [6.07, 6.45) is 0. The topological polar surface area (TPSA) is 84.5 Å². The molecular formula is C18H22N2O4S. The van der Waals surface area contributed by atoms with Crippen LogP contribution in [0.3, 0.4) is 0 Å². The van der Waals surface area contributed by atoms with Gasteiger partial charge in [0, 0.05) is 12.7 Å². The number of hydrogen-bond acceptors (Lipinski definition) is 4. The number of carbonyl (C=O) groups excluding carboxylic acids is 1. The van der Waals surface area contributed by atoms with Crippen molar-refractivity contribution < 1.29 is 17.9 Å². The molecule has 0 aliphatic carbocycles. The van der Waals surface area contributed by atoms with Crippen LogP contribution < -0.4 is 14.8 Å². The Morgan fingerprint density at radius 1 is 1.00 bits per heavy atom. The minimum atomic E-state index is -3.70. The molecule has 0 fully saturated rings. The van der Waals surface area contributed by atoms with Gasteiger partial charge in [-0.1, -0.05) is 6.07 Å². The van der Waals surface area contributed by atoms with E-state index in [-0.39, 0.29) is 17.4 Å². The number of ether oxygens (including phenoxy) is 1. The van der Waals surface area contributed by atoms with Crippen molar-refractivity contribution in [3.8, 4) is 5.75 Å². The largest absolute Gasteiger partial charge is 0.484 e. The fraction of sp³-hybridized carbons (Fsp3) is 0.278. The standard InChI is InChI=1S/C18H22N2O4S/c1-12-5-6-15(9-13(12)2)20-25(22,23)16-7-8-17(14(3)10-16)24-11-18(21)19-4/h5-10,20H,11H2,1-4H3,(H,19,21). The van der Waals surface area contributed by atoms with Crippen molar-refractivity contribution >= 4 is 21.6 Å². The molecule has 0 aromatic heterocycles. The molecule has 7 heteroatoms. The van der Waals surface area contributed by atoms with E-state index in [1.54, 1.807) is 25.1 Å². The molecular weight excluding hydrogens is 340 g/mol. The number of anilines is 1. The first kappa shape index (κ1) is 18.8. The quantitative estimate of drug-likeness (QED) is 0.827. The van der Waals surface area contributed by atoms with E-state index in [1.165, 1.54) is 19.2 Å².